The van der Waals surface area contributed by atoms with Gasteiger partial charge < -0.3 is 11.1 Å². The van der Waals surface area contributed by atoms with Gasteiger partial charge in [-0.2, -0.15) is 0 Å². The van der Waals surface area contributed by atoms with Crippen LogP contribution in [-0.2, 0) is 0 Å². The van der Waals surface area contributed by atoms with Gasteiger partial charge in [0.15, 0.2) is 0 Å². The molecule has 0 radical (unpaired) electrons. The Hall–Kier alpha value is -0.250. The number of rotatable bonds is 3. The van der Waals surface area contributed by atoms with E-state index in [0.717, 1.165) is 21.7 Å². The molecule has 0 amide bonds. The van der Waals surface area contributed by atoms with Crippen LogP contribution in [0.5, 0.6) is 0 Å². The predicted molar refractivity (Wildman–Crippen MR) is 73.0 cm³/mol. The van der Waals surface area contributed by atoms with E-state index in [1.807, 2.05) is 18.2 Å². The largest absolute Gasteiger partial charge is 0.381 e. The van der Waals surface area contributed by atoms with Crippen LogP contribution in [0.4, 0.5) is 5.69 Å². The Bertz CT molecular complexity index is 370. The molecule has 1 aliphatic carbocycles. The predicted octanol–water partition coefficient (Wildman–Crippen LogP) is 3.64. The smallest absolute Gasteiger partial charge is 0.0638 e. The molecule has 16 heavy (non-hydrogen) atoms. The van der Waals surface area contributed by atoms with Crippen LogP contribution in [0.25, 0.3) is 0 Å². The van der Waals surface area contributed by atoms with Gasteiger partial charge in [-0.15, -0.1) is 0 Å². The molecule has 2 atom stereocenters. The highest BCUT2D eigenvalue weighted by Gasteiger charge is 2.26. The first kappa shape index (κ1) is 12.2. The average molecular weight is 304 g/mol. The molecule has 2 rings (SSSR count). The van der Waals surface area contributed by atoms with Crippen molar-refractivity contribution in [3.63, 3.8) is 0 Å². The van der Waals surface area contributed by atoms with Crippen molar-refractivity contribution >= 4 is 33.2 Å². The molecule has 1 fully saturated rings. The van der Waals surface area contributed by atoms with E-state index in [0.29, 0.717) is 12.0 Å². The quantitative estimate of drug-likeness (QED) is 0.894. The third kappa shape index (κ3) is 2.70. The van der Waals surface area contributed by atoms with Crippen molar-refractivity contribution < 1.29 is 0 Å². The molecule has 1 aromatic carbocycles. The molecule has 88 valence electrons. The number of benzene rings is 1. The molecule has 3 N–H and O–H groups in total. The van der Waals surface area contributed by atoms with E-state index in [2.05, 4.69) is 21.2 Å². The lowest BCUT2D eigenvalue weighted by Gasteiger charge is -2.21. The lowest BCUT2D eigenvalue weighted by atomic mass is 10.0. The molecule has 0 saturated heterocycles. The zero-order valence-electron chi connectivity index (χ0n) is 9.05. The van der Waals surface area contributed by atoms with E-state index in [1.165, 1.54) is 19.3 Å². The molecule has 1 saturated carbocycles. The average Bonchev–Trinajstić information content (AvgIpc) is 2.71. The summed E-state index contributed by atoms with van der Waals surface area (Å²) in [6.45, 7) is 0.753. The van der Waals surface area contributed by atoms with Gasteiger partial charge in [0.05, 0.1) is 10.7 Å². The number of anilines is 1. The Kier molecular flexibility index (Phi) is 4.11. The van der Waals surface area contributed by atoms with Gasteiger partial charge in [-0.3, -0.25) is 0 Å². The summed E-state index contributed by atoms with van der Waals surface area (Å²) in [5.41, 5.74) is 6.76. The molecular weight excluding hydrogens is 288 g/mol. The normalized spacial score (nSPS) is 24.7. The Morgan fingerprint density at radius 3 is 3.00 bits per heavy atom. The first-order valence-electron chi connectivity index (χ1n) is 5.62. The van der Waals surface area contributed by atoms with Crippen LogP contribution in [0.2, 0.25) is 5.02 Å². The van der Waals surface area contributed by atoms with Crippen LogP contribution in [0, 0.1) is 5.92 Å². The molecule has 0 aliphatic heterocycles. The number of nitrogens with two attached hydrogens (primary N) is 1. The van der Waals surface area contributed by atoms with E-state index >= 15 is 0 Å². The molecule has 2 unspecified atom stereocenters. The summed E-state index contributed by atoms with van der Waals surface area (Å²) in [5, 5.41) is 4.28. The van der Waals surface area contributed by atoms with Crippen LogP contribution in [-0.4, -0.2) is 12.6 Å². The third-order valence-electron chi connectivity index (χ3n) is 3.23. The van der Waals surface area contributed by atoms with E-state index in [1.54, 1.807) is 0 Å². The van der Waals surface area contributed by atoms with Gasteiger partial charge in [-0.05, 0) is 43.5 Å². The van der Waals surface area contributed by atoms with Gasteiger partial charge in [0.2, 0.25) is 0 Å². The molecule has 4 heteroatoms. The van der Waals surface area contributed by atoms with Crippen molar-refractivity contribution in [2.24, 2.45) is 11.7 Å². The van der Waals surface area contributed by atoms with Gasteiger partial charge in [-0.1, -0.05) is 34.0 Å². The monoisotopic (exact) mass is 302 g/mol. The van der Waals surface area contributed by atoms with E-state index in [4.69, 9.17) is 17.3 Å². The van der Waals surface area contributed by atoms with Gasteiger partial charge in [0.1, 0.15) is 0 Å². The van der Waals surface area contributed by atoms with E-state index < -0.39 is 0 Å². The van der Waals surface area contributed by atoms with Crippen LogP contribution >= 0.6 is 27.5 Å². The lowest BCUT2D eigenvalue weighted by Crippen LogP contribution is -2.29. The first-order valence-corrected chi connectivity index (χ1v) is 6.79. The standard InChI is InChI=1S/C12H16BrClN2/c13-9-4-5-10(14)12(6-9)16-11-3-1-2-8(11)7-15/h4-6,8,11,16H,1-3,7,15H2. The topological polar surface area (TPSA) is 38.0 Å². The number of halogens is 2. The van der Waals surface area contributed by atoms with E-state index in [-0.39, 0.29) is 0 Å². The van der Waals surface area contributed by atoms with E-state index in [9.17, 15) is 0 Å². The summed E-state index contributed by atoms with van der Waals surface area (Å²) < 4.78 is 1.04. The molecule has 0 heterocycles. The highest BCUT2D eigenvalue weighted by atomic mass is 79.9. The summed E-state index contributed by atoms with van der Waals surface area (Å²) in [4.78, 5) is 0. The molecule has 0 aromatic heterocycles. The Balaban J connectivity index is 2.11. The minimum Gasteiger partial charge on any atom is -0.381 e. The summed E-state index contributed by atoms with van der Waals surface area (Å²) in [6.07, 6.45) is 3.66. The third-order valence-corrected chi connectivity index (χ3v) is 4.05. The van der Waals surface area contributed by atoms with Crippen molar-refractivity contribution in [1.82, 2.24) is 0 Å². The summed E-state index contributed by atoms with van der Waals surface area (Å²) in [6, 6.07) is 6.34. The fourth-order valence-corrected chi connectivity index (χ4v) is 2.85. The molecule has 2 nitrogen and oxygen atoms in total. The second-order valence-corrected chi connectivity index (χ2v) is 5.62. The van der Waals surface area contributed by atoms with Crippen LogP contribution < -0.4 is 11.1 Å². The van der Waals surface area contributed by atoms with Gasteiger partial charge >= 0.3 is 0 Å². The highest BCUT2D eigenvalue weighted by molar-refractivity contribution is 9.10. The Morgan fingerprint density at radius 1 is 1.44 bits per heavy atom. The van der Waals surface area contributed by atoms with Crippen LogP contribution in [0.1, 0.15) is 19.3 Å². The molecule has 1 aromatic rings. The number of hydrogen-bond donors (Lipinski definition) is 2. The van der Waals surface area contributed by atoms with Crippen LogP contribution in [0.15, 0.2) is 22.7 Å². The zero-order chi connectivity index (χ0) is 11.5. The molecule has 0 spiro atoms. The number of hydrogen-bond acceptors (Lipinski definition) is 2. The summed E-state index contributed by atoms with van der Waals surface area (Å²) >= 11 is 9.61. The van der Waals surface area contributed by atoms with Crippen molar-refractivity contribution in [1.29, 1.82) is 0 Å². The Labute approximate surface area is 110 Å². The van der Waals surface area contributed by atoms with Crippen LogP contribution in [0.3, 0.4) is 0 Å². The zero-order valence-corrected chi connectivity index (χ0v) is 11.4. The fraction of sp³-hybridized carbons (Fsp3) is 0.500. The SMILES string of the molecule is NCC1CCCC1Nc1cc(Br)ccc1Cl. The first-order chi connectivity index (χ1) is 7.70. The minimum atomic E-state index is 0.469. The van der Waals surface area contributed by atoms with Crippen molar-refractivity contribution in [2.45, 2.75) is 25.3 Å². The second kappa shape index (κ2) is 5.39. The summed E-state index contributed by atoms with van der Waals surface area (Å²) in [5.74, 6) is 0.579. The maximum atomic E-state index is 6.15. The minimum absolute atomic E-state index is 0.469. The van der Waals surface area contributed by atoms with Gasteiger partial charge in [-0.25, -0.2) is 0 Å². The molecule has 0 bridgehead atoms. The second-order valence-electron chi connectivity index (χ2n) is 4.30. The molecule has 1 aliphatic rings. The highest BCUT2D eigenvalue weighted by Crippen LogP contribution is 2.32. The Morgan fingerprint density at radius 2 is 2.25 bits per heavy atom. The van der Waals surface area contributed by atoms with Gasteiger partial charge in [0.25, 0.3) is 0 Å². The van der Waals surface area contributed by atoms with Crippen molar-refractivity contribution in [3.05, 3.63) is 27.7 Å². The van der Waals surface area contributed by atoms with Gasteiger partial charge in [0, 0.05) is 10.5 Å². The fourth-order valence-electron chi connectivity index (χ4n) is 2.32. The maximum Gasteiger partial charge on any atom is 0.0638 e. The summed E-state index contributed by atoms with van der Waals surface area (Å²) in [7, 11) is 0. The maximum absolute atomic E-state index is 6.15. The number of nitrogens with one attached hydrogen (secondary N) is 1. The molecular formula is C12H16BrClN2. The van der Waals surface area contributed by atoms with Crippen molar-refractivity contribution in [2.75, 3.05) is 11.9 Å². The van der Waals surface area contributed by atoms with Crippen molar-refractivity contribution in [3.8, 4) is 0 Å². The lowest BCUT2D eigenvalue weighted by molar-refractivity contribution is 0.516.